The molecule has 102 valence electrons. The second-order valence-corrected chi connectivity index (χ2v) is 5.58. The van der Waals surface area contributed by atoms with Gasteiger partial charge in [-0.1, -0.05) is 0 Å². The van der Waals surface area contributed by atoms with E-state index in [1.54, 1.807) is 31.4 Å². The lowest BCUT2D eigenvalue weighted by Gasteiger charge is -2.07. The molecule has 7 heteroatoms. The number of aromatic amines is 1. The van der Waals surface area contributed by atoms with Crippen LogP contribution in [0.25, 0.3) is 0 Å². The first kappa shape index (κ1) is 13.4. The summed E-state index contributed by atoms with van der Waals surface area (Å²) in [7, 11) is -2.05. The SMILES string of the molecule is COc1ccc(NS(=O)(=O)c2c[nH]c(CN)c2)cc1. The molecule has 6 nitrogen and oxygen atoms in total. The van der Waals surface area contributed by atoms with Crippen LogP contribution in [0.2, 0.25) is 0 Å². The number of hydrogen-bond donors (Lipinski definition) is 3. The molecule has 19 heavy (non-hydrogen) atoms. The third-order valence-electron chi connectivity index (χ3n) is 2.59. The Bertz CT molecular complexity index is 647. The highest BCUT2D eigenvalue weighted by molar-refractivity contribution is 7.92. The number of hydrogen-bond acceptors (Lipinski definition) is 4. The zero-order valence-corrected chi connectivity index (χ0v) is 11.2. The number of H-pyrrole nitrogens is 1. The average molecular weight is 281 g/mol. The van der Waals surface area contributed by atoms with Gasteiger partial charge in [-0.25, -0.2) is 8.42 Å². The molecule has 0 radical (unpaired) electrons. The predicted molar refractivity (Wildman–Crippen MR) is 72.5 cm³/mol. The summed E-state index contributed by atoms with van der Waals surface area (Å²) in [6.45, 7) is 0.262. The highest BCUT2D eigenvalue weighted by atomic mass is 32.2. The number of ether oxygens (including phenoxy) is 1. The van der Waals surface area contributed by atoms with Crippen LogP contribution < -0.4 is 15.2 Å². The van der Waals surface area contributed by atoms with Gasteiger partial charge in [-0.05, 0) is 30.3 Å². The summed E-state index contributed by atoms with van der Waals surface area (Å²) in [5.41, 5.74) is 6.56. The minimum Gasteiger partial charge on any atom is -0.497 e. The number of nitrogens with two attached hydrogens (primary N) is 1. The Labute approximate surface area is 111 Å². The van der Waals surface area contributed by atoms with Gasteiger partial charge in [-0.3, -0.25) is 4.72 Å². The molecule has 2 rings (SSSR count). The van der Waals surface area contributed by atoms with Gasteiger partial charge in [0, 0.05) is 24.1 Å². The molecule has 0 aliphatic rings. The average Bonchev–Trinajstić information content (AvgIpc) is 2.89. The third-order valence-corrected chi connectivity index (χ3v) is 3.95. The molecule has 0 spiro atoms. The van der Waals surface area contributed by atoms with Crippen LogP contribution in [0, 0.1) is 0 Å². The van der Waals surface area contributed by atoms with E-state index in [1.165, 1.54) is 12.3 Å². The largest absolute Gasteiger partial charge is 0.497 e. The standard InChI is InChI=1S/C12H15N3O3S/c1-18-11-4-2-9(3-5-11)15-19(16,17)12-6-10(7-13)14-8-12/h2-6,8,14-15H,7,13H2,1H3. The summed E-state index contributed by atoms with van der Waals surface area (Å²) in [6.07, 6.45) is 1.41. The molecule has 0 fully saturated rings. The summed E-state index contributed by atoms with van der Waals surface area (Å²) in [5, 5.41) is 0. The van der Waals surface area contributed by atoms with Crippen molar-refractivity contribution in [3.05, 3.63) is 42.2 Å². The summed E-state index contributed by atoms with van der Waals surface area (Å²) >= 11 is 0. The van der Waals surface area contributed by atoms with E-state index in [9.17, 15) is 8.42 Å². The Morgan fingerprint density at radius 2 is 2.00 bits per heavy atom. The Hall–Kier alpha value is -1.99. The molecule has 0 saturated heterocycles. The van der Waals surface area contributed by atoms with Crippen molar-refractivity contribution in [2.24, 2.45) is 5.73 Å². The van der Waals surface area contributed by atoms with Crippen LogP contribution in [-0.2, 0) is 16.6 Å². The number of nitrogens with one attached hydrogen (secondary N) is 2. The zero-order chi connectivity index (χ0) is 13.9. The first-order valence-corrected chi connectivity index (χ1v) is 7.07. The highest BCUT2D eigenvalue weighted by Crippen LogP contribution is 2.19. The first-order chi connectivity index (χ1) is 9.05. The maximum atomic E-state index is 12.1. The van der Waals surface area contributed by atoms with Crippen LogP contribution in [0.4, 0.5) is 5.69 Å². The monoisotopic (exact) mass is 281 g/mol. The molecular formula is C12H15N3O3S. The molecule has 0 unspecified atom stereocenters. The number of anilines is 1. The highest BCUT2D eigenvalue weighted by Gasteiger charge is 2.15. The number of sulfonamides is 1. The Morgan fingerprint density at radius 1 is 1.32 bits per heavy atom. The smallest absolute Gasteiger partial charge is 0.263 e. The fraction of sp³-hybridized carbons (Fsp3) is 0.167. The lowest BCUT2D eigenvalue weighted by atomic mass is 10.3. The van der Waals surface area contributed by atoms with Gasteiger partial charge in [0.1, 0.15) is 10.6 Å². The van der Waals surface area contributed by atoms with E-state index >= 15 is 0 Å². The molecule has 0 bridgehead atoms. The second-order valence-electron chi connectivity index (χ2n) is 3.90. The van der Waals surface area contributed by atoms with Crippen LogP contribution in [0.5, 0.6) is 5.75 Å². The van der Waals surface area contributed by atoms with Crippen LogP contribution in [0.1, 0.15) is 5.69 Å². The maximum absolute atomic E-state index is 12.1. The summed E-state index contributed by atoms with van der Waals surface area (Å²) in [6, 6.07) is 8.13. The maximum Gasteiger partial charge on any atom is 0.263 e. The second kappa shape index (κ2) is 5.33. The normalized spacial score (nSPS) is 11.3. The lowest BCUT2D eigenvalue weighted by Crippen LogP contribution is -2.12. The van der Waals surface area contributed by atoms with E-state index in [0.717, 1.165) is 0 Å². The third kappa shape index (κ3) is 3.07. The summed E-state index contributed by atoms with van der Waals surface area (Å²) < 4.78 is 31.6. The van der Waals surface area contributed by atoms with Crippen molar-refractivity contribution in [1.82, 2.24) is 4.98 Å². The van der Waals surface area contributed by atoms with Gasteiger partial charge in [0.05, 0.1) is 7.11 Å². The minimum absolute atomic E-state index is 0.156. The van der Waals surface area contributed by atoms with Crippen LogP contribution in [0.15, 0.2) is 41.4 Å². The number of benzene rings is 1. The summed E-state index contributed by atoms with van der Waals surface area (Å²) in [5.74, 6) is 0.662. The molecular weight excluding hydrogens is 266 g/mol. The van der Waals surface area contributed by atoms with E-state index in [4.69, 9.17) is 10.5 Å². The van der Waals surface area contributed by atoms with Gasteiger partial charge in [0.15, 0.2) is 0 Å². The Kier molecular flexibility index (Phi) is 3.77. The Balaban J connectivity index is 2.20. The molecule has 0 amide bonds. The van der Waals surface area contributed by atoms with Gasteiger partial charge in [-0.2, -0.15) is 0 Å². The van der Waals surface area contributed by atoms with Gasteiger partial charge < -0.3 is 15.5 Å². The minimum atomic E-state index is -3.60. The van der Waals surface area contributed by atoms with Crippen LogP contribution >= 0.6 is 0 Å². The fourth-order valence-electron chi connectivity index (χ4n) is 1.57. The number of rotatable bonds is 5. The van der Waals surface area contributed by atoms with Gasteiger partial charge >= 0.3 is 0 Å². The van der Waals surface area contributed by atoms with E-state index in [1.807, 2.05) is 0 Å². The van der Waals surface area contributed by atoms with E-state index < -0.39 is 10.0 Å². The molecule has 0 aliphatic heterocycles. The summed E-state index contributed by atoms with van der Waals surface area (Å²) in [4.78, 5) is 2.96. The number of methoxy groups -OCH3 is 1. The van der Waals surface area contributed by atoms with Crippen molar-refractivity contribution < 1.29 is 13.2 Å². The first-order valence-electron chi connectivity index (χ1n) is 5.59. The van der Waals surface area contributed by atoms with Gasteiger partial charge in [-0.15, -0.1) is 0 Å². The van der Waals surface area contributed by atoms with Crippen molar-refractivity contribution in [1.29, 1.82) is 0 Å². The van der Waals surface area contributed by atoms with Crippen molar-refractivity contribution >= 4 is 15.7 Å². The molecule has 0 aliphatic carbocycles. The molecule has 1 heterocycles. The molecule has 1 aromatic heterocycles. The molecule has 0 saturated carbocycles. The van der Waals surface area contributed by atoms with Crippen molar-refractivity contribution in [3.8, 4) is 5.75 Å². The Morgan fingerprint density at radius 3 is 2.53 bits per heavy atom. The quantitative estimate of drug-likeness (QED) is 0.769. The number of aromatic nitrogens is 1. The predicted octanol–water partition coefficient (Wildman–Crippen LogP) is 1.28. The lowest BCUT2D eigenvalue weighted by molar-refractivity contribution is 0.415. The van der Waals surface area contributed by atoms with E-state index in [-0.39, 0.29) is 11.4 Å². The van der Waals surface area contributed by atoms with E-state index in [0.29, 0.717) is 17.1 Å². The topological polar surface area (TPSA) is 97.2 Å². The molecule has 2 aromatic rings. The van der Waals surface area contributed by atoms with E-state index in [2.05, 4.69) is 9.71 Å². The van der Waals surface area contributed by atoms with Crippen molar-refractivity contribution in [2.45, 2.75) is 11.4 Å². The fourth-order valence-corrected chi connectivity index (χ4v) is 2.64. The van der Waals surface area contributed by atoms with Crippen LogP contribution in [0.3, 0.4) is 0 Å². The van der Waals surface area contributed by atoms with Crippen molar-refractivity contribution in [3.63, 3.8) is 0 Å². The van der Waals surface area contributed by atoms with Gasteiger partial charge in [0.2, 0.25) is 0 Å². The molecule has 4 N–H and O–H groups in total. The molecule has 1 aromatic carbocycles. The zero-order valence-electron chi connectivity index (χ0n) is 10.4. The van der Waals surface area contributed by atoms with Crippen molar-refractivity contribution in [2.75, 3.05) is 11.8 Å². The molecule has 0 atom stereocenters. The van der Waals surface area contributed by atoms with Crippen LogP contribution in [-0.4, -0.2) is 20.5 Å². The van der Waals surface area contributed by atoms with Gasteiger partial charge in [0.25, 0.3) is 10.0 Å².